The highest BCUT2D eigenvalue weighted by Gasteiger charge is 1.89. The van der Waals surface area contributed by atoms with E-state index in [0.717, 1.165) is 5.56 Å². The number of hydrogen-bond acceptors (Lipinski definition) is 3. The number of hydrogen-bond donors (Lipinski definition) is 1. The third-order valence-electron chi connectivity index (χ3n) is 1.39. The van der Waals surface area contributed by atoms with Gasteiger partial charge in [0.2, 0.25) is 0 Å². The predicted octanol–water partition coefficient (Wildman–Crippen LogP) is 1.98. The zero-order chi connectivity index (χ0) is 9.68. The van der Waals surface area contributed by atoms with E-state index in [2.05, 4.69) is 5.10 Å². The van der Waals surface area contributed by atoms with Gasteiger partial charge in [0.15, 0.2) is 0 Å². The molecule has 0 spiro atoms. The molecule has 1 N–H and O–H groups in total. The lowest BCUT2D eigenvalue weighted by Crippen LogP contribution is -1.94. The zero-order valence-electron chi connectivity index (χ0n) is 7.08. The van der Waals surface area contributed by atoms with Crippen LogP contribution >= 0.6 is 7.51 Å². The van der Waals surface area contributed by atoms with Gasteiger partial charge in [-0.25, -0.2) is 4.78 Å². The normalized spacial score (nSPS) is 10.8. The van der Waals surface area contributed by atoms with Crippen LogP contribution in [0.25, 0.3) is 0 Å². The molecule has 1 aromatic rings. The van der Waals surface area contributed by atoms with Crippen LogP contribution in [-0.4, -0.2) is 23.1 Å². The number of benzene rings is 1. The maximum Gasteiger partial charge on any atom is 0.115 e. The molecule has 0 aliphatic carbocycles. The molecule has 0 aliphatic heterocycles. The lowest BCUT2D eigenvalue weighted by Gasteiger charge is -2.00. The summed E-state index contributed by atoms with van der Waals surface area (Å²) in [5.74, 6) is 0.256. The van der Waals surface area contributed by atoms with Gasteiger partial charge in [-0.15, -0.1) is 0 Å². The standard InChI is InChI=1S/C8H9N2OPS/c1-10(12-13)9-6-7-2-4-8(11)5-3-7/h2-6,11H,1H3. The monoisotopic (exact) mass is 212 g/mol. The molecule has 0 aromatic heterocycles. The summed E-state index contributed by atoms with van der Waals surface area (Å²) in [7, 11) is 2.48. The molecule has 0 aliphatic rings. The highest BCUT2D eigenvalue weighted by atomic mass is 32.4. The van der Waals surface area contributed by atoms with Crippen molar-refractivity contribution >= 4 is 25.5 Å². The Kier molecular flexibility index (Phi) is 3.80. The van der Waals surface area contributed by atoms with Gasteiger partial charge in [-0.2, -0.15) is 5.10 Å². The van der Waals surface area contributed by atoms with Crippen molar-refractivity contribution in [2.45, 2.75) is 0 Å². The van der Waals surface area contributed by atoms with Crippen molar-refractivity contribution in [2.24, 2.45) is 5.10 Å². The molecule has 0 fully saturated rings. The average Bonchev–Trinajstić information content (AvgIpc) is 2.16. The maximum absolute atomic E-state index is 9.01. The third kappa shape index (κ3) is 3.49. The fourth-order valence-electron chi connectivity index (χ4n) is 0.732. The molecule has 1 rings (SSSR count). The summed E-state index contributed by atoms with van der Waals surface area (Å²) in [6, 6.07) is 6.80. The van der Waals surface area contributed by atoms with Crippen molar-refractivity contribution in [2.75, 3.05) is 7.05 Å². The van der Waals surface area contributed by atoms with Gasteiger partial charge >= 0.3 is 0 Å². The van der Waals surface area contributed by atoms with Crippen LogP contribution in [0.4, 0.5) is 0 Å². The highest BCUT2D eigenvalue weighted by Crippen LogP contribution is 2.08. The van der Waals surface area contributed by atoms with E-state index >= 15 is 0 Å². The summed E-state index contributed by atoms with van der Waals surface area (Å²) < 4.78 is 1.63. The first-order valence-electron chi connectivity index (χ1n) is 3.62. The molecule has 1 aromatic carbocycles. The number of rotatable bonds is 3. The van der Waals surface area contributed by atoms with Crippen molar-refractivity contribution in [3.05, 3.63) is 29.8 Å². The number of phenols is 1. The van der Waals surface area contributed by atoms with Gasteiger partial charge in [0.05, 0.1) is 6.21 Å². The van der Waals surface area contributed by atoms with Crippen molar-refractivity contribution in [1.29, 1.82) is 0 Å². The first kappa shape index (κ1) is 10.1. The van der Waals surface area contributed by atoms with Gasteiger partial charge < -0.3 is 5.11 Å². The Hall–Kier alpha value is -0.990. The number of nitrogens with zero attached hydrogens (tertiary/aromatic N) is 2. The first-order chi connectivity index (χ1) is 6.22. The Balaban J connectivity index is 2.69. The summed E-state index contributed by atoms with van der Waals surface area (Å²) in [5, 5.41) is 13.1. The van der Waals surface area contributed by atoms with Crippen LogP contribution in [0.2, 0.25) is 0 Å². The number of aromatic hydroxyl groups is 1. The van der Waals surface area contributed by atoms with Crippen LogP contribution in [0.15, 0.2) is 29.4 Å². The van der Waals surface area contributed by atoms with Crippen LogP contribution in [0, 0.1) is 0 Å². The molecule has 0 atom stereocenters. The van der Waals surface area contributed by atoms with Crippen molar-refractivity contribution in [3.8, 4) is 5.75 Å². The fraction of sp³-hybridized carbons (Fsp3) is 0.125. The SMILES string of the molecule is CN(N=Cc1ccc(O)cc1)P=S. The van der Waals surface area contributed by atoms with E-state index in [1.807, 2.05) is 0 Å². The maximum atomic E-state index is 9.01. The van der Waals surface area contributed by atoms with E-state index in [-0.39, 0.29) is 5.75 Å². The molecule has 68 valence electrons. The lowest BCUT2D eigenvalue weighted by molar-refractivity contribution is 0.475. The van der Waals surface area contributed by atoms with Crippen LogP contribution in [0.1, 0.15) is 5.56 Å². The summed E-state index contributed by atoms with van der Waals surface area (Å²) in [6.07, 6.45) is 1.69. The second-order valence-electron chi connectivity index (χ2n) is 2.41. The summed E-state index contributed by atoms with van der Waals surface area (Å²) in [4.78, 5) is 0. The molecular weight excluding hydrogens is 203 g/mol. The topological polar surface area (TPSA) is 35.8 Å². The average molecular weight is 212 g/mol. The Morgan fingerprint density at radius 2 is 2.08 bits per heavy atom. The molecule has 0 saturated carbocycles. The molecule has 0 saturated heterocycles. The molecule has 0 heterocycles. The van der Waals surface area contributed by atoms with E-state index in [1.165, 1.54) is 0 Å². The Morgan fingerprint density at radius 3 is 2.62 bits per heavy atom. The molecule has 0 amide bonds. The van der Waals surface area contributed by atoms with Gasteiger partial charge in [-0.3, -0.25) is 0 Å². The molecular formula is C8H9N2OPS. The Labute approximate surface area is 83.6 Å². The van der Waals surface area contributed by atoms with E-state index in [0.29, 0.717) is 7.51 Å². The second kappa shape index (κ2) is 4.90. The van der Waals surface area contributed by atoms with Crippen LogP contribution in [0.5, 0.6) is 5.75 Å². The van der Waals surface area contributed by atoms with Gasteiger partial charge in [0.1, 0.15) is 13.3 Å². The molecule has 5 heteroatoms. The lowest BCUT2D eigenvalue weighted by atomic mass is 10.2. The van der Waals surface area contributed by atoms with Gasteiger partial charge in [-0.05, 0) is 41.6 Å². The molecule has 0 unspecified atom stereocenters. The summed E-state index contributed by atoms with van der Waals surface area (Å²) >= 11 is 4.76. The van der Waals surface area contributed by atoms with E-state index in [9.17, 15) is 0 Å². The van der Waals surface area contributed by atoms with Gasteiger partial charge in [-0.1, -0.05) is 0 Å². The summed E-state index contributed by atoms with van der Waals surface area (Å²) in [5.41, 5.74) is 0.934. The first-order valence-corrected chi connectivity index (χ1v) is 5.48. The minimum absolute atomic E-state index is 0.256. The number of hydrazone groups is 1. The smallest absolute Gasteiger partial charge is 0.115 e. The van der Waals surface area contributed by atoms with Crippen LogP contribution in [0.3, 0.4) is 0 Å². The minimum Gasteiger partial charge on any atom is -0.508 e. The van der Waals surface area contributed by atoms with Crippen molar-refractivity contribution in [1.82, 2.24) is 4.78 Å². The largest absolute Gasteiger partial charge is 0.508 e. The van der Waals surface area contributed by atoms with Gasteiger partial charge in [0, 0.05) is 7.05 Å². The van der Waals surface area contributed by atoms with Crippen LogP contribution < -0.4 is 0 Å². The predicted molar refractivity (Wildman–Crippen MR) is 57.7 cm³/mol. The molecule has 13 heavy (non-hydrogen) atoms. The molecule has 3 nitrogen and oxygen atoms in total. The minimum atomic E-state index is 0.256. The molecule has 0 radical (unpaired) electrons. The quantitative estimate of drug-likeness (QED) is 0.472. The highest BCUT2D eigenvalue weighted by molar-refractivity contribution is 7.95. The molecule has 0 bridgehead atoms. The second-order valence-corrected chi connectivity index (χ2v) is 3.64. The van der Waals surface area contributed by atoms with E-state index < -0.39 is 0 Å². The summed E-state index contributed by atoms with van der Waals surface area (Å²) in [6.45, 7) is 0. The van der Waals surface area contributed by atoms with Crippen LogP contribution in [-0.2, 0) is 11.8 Å². The van der Waals surface area contributed by atoms with Crippen molar-refractivity contribution < 1.29 is 5.11 Å². The third-order valence-corrected chi connectivity index (χ3v) is 2.43. The number of phenolic OH excluding ortho intramolecular Hbond substituents is 1. The Morgan fingerprint density at radius 1 is 1.46 bits per heavy atom. The van der Waals surface area contributed by atoms with E-state index in [4.69, 9.17) is 16.9 Å². The van der Waals surface area contributed by atoms with Gasteiger partial charge in [0.25, 0.3) is 0 Å². The fourth-order valence-corrected chi connectivity index (χ4v) is 0.952. The van der Waals surface area contributed by atoms with E-state index in [1.54, 1.807) is 42.3 Å². The Bertz CT molecular complexity index is 312. The van der Waals surface area contributed by atoms with Crippen molar-refractivity contribution in [3.63, 3.8) is 0 Å². The zero-order valence-corrected chi connectivity index (χ0v) is 8.79.